The number of hydrogen-bond donors (Lipinski definition) is 1. The molecule has 39 heavy (non-hydrogen) atoms. The molecular weight excluding hydrogens is 505 g/mol. The van der Waals surface area contributed by atoms with E-state index in [1.54, 1.807) is 24.3 Å². The molecule has 0 unspecified atom stereocenters. The second-order valence-corrected chi connectivity index (χ2v) is 9.33. The molecule has 1 N–H and O–H groups in total. The van der Waals surface area contributed by atoms with E-state index in [4.69, 9.17) is 14.2 Å². The molecule has 1 aliphatic heterocycles. The molecule has 0 saturated carbocycles. The van der Waals surface area contributed by atoms with Crippen molar-refractivity contribution in [2.45, 2.75) is 38.7 Å². The number of amides is 1. The van der Waals surface area contributed by atoms with E-state index in [-0.39, 0.29) is 34.7 Å². The molecule has 10 heteroatoms. The van der Waals surface area contributed by atoms with Crippen LogP contribution in [-0.4, -0.2) is 48.6 Å². The van der Waals surface area contributed by atoms with Crippen LogP contribution in [0.3, 0.4) is 0 Å². The van der Waals surface area contributed by atoms with Crippen molar-refractivity contribution in [3.63, 3.8) is 0 Å². The summed E-state index contributed by atoms with van der Waals surface area (Å²) < 4.78 is 31.6. The van der Waals surface area contributed by atoms with Gasteiger partial charge in [-0.25, -0.2) is 4.39 Å². The van der Waals surface area contributed by atoms with Gasteiger partial charge in [-0.15, -0.1) is 0 Å². The molecule has 3 aromatic rings. The van der Waals surface area contributed by atoms with Gasteiger partial charge in [0.2, 0.25) is 0 Å². The van der Waals surface area contributed by atoms with Gasteiger partial charge in [0.1, 0.15) is 23.4 Å². The van der Waals surface area contributed by atoms with Gasteiger partial charge in [0.05, 0.1) is 23.8 Å². The number of methoxy groups -OCH3 is 1. The number of benzene rings is 3. The van der Waals surface area contributed by atoms with Gasteiger partial charge in [0.15, 0.2) is 11.5 Å². The van der Waals surface area contributed by atoms with Crippen LogP contribution in [0.2, 0.25) is 0 Å². The van der Waals surface area contributed by atoms with Crippen LogP contribution in [0.25, 0.3) is 0 Å². The number of likely N-dealkylation sites (tertiary alicyclic amines) is 1. The summed E-state index contributed by atoms with van der Waals surface area (Å²) in [5.74, 6) is -0.0129. The minimum absolute atomic E-state index is 0.0156. The van der Waals surface area contributed by atoms with Crippen LogP contribution in [0.5, 0.6) is 23.0 Å². The maximum Gasteiger partial charge on any atom is 0.273 e. The minimum atomic E-state index is -0.702. The summed E-state index contributed by atoms with van der Waals surface area (Å²) in [5, 5.41) is 13.5. The van der Waals surface area contributed by atoms with Crippen molar-refractivity contribution in [2.24, 2.45) is 0 Å². The van der Waals surface area contributed by atoms with Gasteiger partial charge in [0.25, 0.3) is 11.6 Å². The molecule has 9 nitrogen and oxygen atoms in total. The second kappa shape index (κ2) is 13.1. The molecule has 1 aliphatic rings. The number of rotatable bonds is 11. The number of unbranched alkanes of at least 4 members (excludes halogenated alkanes) is 1. The summed E-state index contributed by atoms with van der Waals surface area (Å²) in [5.41, 5.74) is 0.191. The summed E-state index contributed by atoms with van der Waals surface area (Å²) in [6.07, 6.45) is 4.52. The van der Waals surface area contributed by atoms with Crippen molar-refractivity contribution in [1.82, 2.24) is 4.90 Å². The summed E-state index contributed by atoms with van der Waals surface area (Å²) >= 11 is 0. The Kier molecular flexibility index (Phi) is 9.32. The molecule has 1 heterocycles. The number of nitro benzene ring substituents is 1. The number of ether oxygens (including phenoxy) is 3. The lowest BCUT2D eigenvalue weighted by atomic mass is 10.1. The topological polar surface area (TPSA) is 103 Å². The van der Waals surface area contributed by atoms with Gasteiger partial charge in [-0.1, -0.05) is 13.3 Å². The normalized spacial score (nSPS) is 14.0. The van der Waals surface area contributed by atoms with Gasteiger partial charge in [-0.2, -0.15) is 0 Å². The van der Waals surface area contributed by atoms with Crippen molar-refractivity contribution in [3.05, 3.63) is 82.2 Å². The molecule has 0 spiro atoms. The Balaban J connectivity index is 1.32. The van der Waals surface area contributed by atoms with Gasteiger partial charge in [-0.3, -0.25) is 14.9 Å². The quantitative estimate of drug-likeness (QED) is 0.222. The number of carbonyl (C=O) groups is 1. The second-order valence-electron chi connectivity index (χ2n) is 9.33. The minimum Gasteiger partial charge on any atom is -0.493 e. The number of nitrogens with one attached hydrogen (secondary N) is 1. The summed E-state index contributed by atoms with van der Waals surface area (Å²) in [6, 6.07) is 14.6. The third-order valence-corrected chi connectivity index (χ3v) is 6.56. The number of anilines is 1. The average Bonchev–Trinajstić information content (AvgIpc) is 2.94. The Labute approximate surface area is 226 Å². The standard InChI is InChI=1S/C29H32FN3O6/c1-3-4-15-32-16-13-23(14-17-32)38-22-8-5-20(6-9-22)29(34)31-26-11-10-24(19-25(26)30)39-27-12-7-21(33(35)36)18-28(27)37-2/h5-12,18-19,23H,3-4,13-17H2,1-2H3,(H,31,34). The van der Waals surface area contributed by atoms with Crippen LogP contribution in [-0.2, 0) is 0 Å². The Bertz CT molecular complexity index is 1290. The van der Waals surface area contributed by atoms with E-state index in [0.29, 0.717) is 11.3 Å². The van der Waals surface area contributed by atoms with Crippen LogP contribution in [0.1, 0.15) is 43.0 Å². The maximum absolute atomic E-state index is 14.8. The highest BCUT2D eigenvalue weighted by Crippen LogP contribution is 2.35. The zero-order chi connectivity index (χ0) is 27.8. The van der Waals surface area contributed by atoms with E-state index in [1.165, 1.54) is 50.3 Å². The van der Waals surface area contributed by atoms with E-state index in [1.807, 2.05) is 0 Å². The van der Waals surface area contributed by atoms with Gasteiger partial charge >= 0.3 is 0 Å². The van der Waals surface area contributed by atoms with Gasteiger partial charge in [0, 0.05) is 30.8 Å². The van der Waals surface area contributed by atoms with Crippen molar-refractivity contribution >= 4 is 17.3 Å². The largest absolute Gasteiger partial charge is 0.493 e. The Morgan fingerprint density at radius 2 is 1.77 bits per heavy atom. The fraction of sp³-hybridized carbons (Fsp3) is 0.345. The number of non-ortho nitro benzene ring substituents is 1. The number of carbonyl (C=O) groups excluding carboxylic acids is 1. The number of nitrogens with zero attached hydrogens (tertiary/aromatic N) is 2. The molecule has 4 rings (SSSR count). The fourth-order valence-electron chi connectivity index (χ4n) is 4.35. The molecular formula is C29H32FN3O6. The third kappa shape index (κ3) is 7.44. The lowest BCUT2D eigenvalue weighted by Crippen LogP contribution is -2.38. The first-order chi connectivity index (χ1) is 18.9. The van der Waals surface area contributed by atoms with E-state index < -0.39 is 16.6 Å². The molecule has 1 saturated heterocycles. The van der Waals surface area contributed by atoms with Gasteiger partial charge in [-0.05, 0) is 68.3 Å². The van der Waals surface area contributed by atoms with Crippen LogP contribution in [0.4, 0.5) is 15.8 Å². The highest BCUT2D eigenvalue weighted by atomic mass is 19.1. The molecule has 1 fully saturated rings. The third-order valence-electron chi connectivity index (χ3n) is 6.56. The molecule has 206 valence electrons. The predicted octanol–water partition coefficient (Wildman–Crippen LogP) is 6.43. The van der Waals surface area contributed by atoms with Crippen molar-refractivity contribution < 1.29 is 28.3 Å². The predicted molar refractivity (Wildman–Crippen MR) is 146 cm³/mol. The van der Waals surface area contributed by atoms with E-state index in [9.17, 15) is 19.3 Å². The van der Waals surface area contributed by atoms with E-state index in [0.717, 1.165) is 38.5 Å². The summed E-state index contributed by atoms with van der Waals surface area (Å²) in [6.45, 7) is 5.40. The molecule has 0 aliphatic carbocycles. The molecule has 0 aromatic heterocycles. The first-order valence-electron chi connectivity index (χ1n) is 13.0. The van der Waals surface area contributed by atoms with Crippen molar-refractivity contribution in [2.75, 3.05) is 32.1 Å². The smallest absolute Gasteiger partial charge is 0.273 e. The van der Waals surface area contributed by atoms with E-state index >= 15 is 0 Å². The van der Waals surface area contributed by atoms with Crippen molar-refractivity contribution in [3.8, 4) is 23.0 Å². The summed E-state index contributed by atoms with van der Waals surface area (Å²) in [4.78, 5) is 25.6. The van der Waals surface area contributed by atoms with Gasteiger partial charge < -0.3 is 24.4 Å². The highest BCUT2D eigenvalue weighted by Gasteiger charge is 2.20. The average molecular weight is 538 g/mol. The van der Waals surface area contributed by atoms with E-state index in [2.05, 4.69) is 17.1 Å². The summed E-state index contributed by atoms with van der Waals surface area (Å²) in [7, 11) is 1.35. The number of hydrogen-bond acceptors (Lipinski definition) is 7. The SMILES string of the molecule is CCCCN1CCC(Oc2ccc(C(=O)Nc3ccc(Oc4ccc([N+](=O)[O-])cc4OC)cc3F)cc2)CC1. The fourth-order valence-corrected chi connectivity index (χ4v) is 4.35. The maximum atomic E-state index is 14.8. The zero-order valence-corrected chi connectivity index (χ0v) is 22.0. The Morgan fingerprint density at radius 3 is 2.41 bits per heavy atom. The number of nitro groups is 1. The van der Waals surface area contributed by atoms with Crippen LogP contribution in [0, 0.1) is 15.9 Å². The molecule has 1 amide bonds. The number of piperidine rings is 1. The monoisotopic (exact) mass is 537 g/mol. The van der Waals surface area contributed by atoms with Crippen LogP contribution >= 0.6 is 0 Å². The first-order valence-corrected chi connectivity index (χ1v) is 13.0. The zero-order valence-electron chi connectivity index (χ0n) is 22.0. The molecule has 0 radical (unpaired) electrons. The lowest BCUT2D eigenvalue weighted by Gasteiger charge is -2.32. The lowest BCUT2D eigenvalue weighted by molar-refractivity contribution is -0.384. The first kappa shape index (κ1) is 27.8. The van der Waals surface area contributed by atoms with Crippen LogP contribution < -0.4 is 19.5 Å². The molecule has 0 atom stereocenters. The Morgan fingerprint density at radius 1 is 1.05 bits per heavy atom. The highest BCUT2D eigenvalue weighted by molar-refractivity contribution is 6.04. The molecule has 0 bridgehead atoms. The number of halogens is 1. The van der Waals surface area contributed by atoms with Crippen LogP contribution in [0.15, 0.2) is 60.7 Å². The molecule has 3 aromatic carbocycles. The Hall–Kier alpha value is -4.18. The van der Waals surface area contributed by atoms with Crippen molar-refractivity contribution in [1.29, 1.82) is 0 Å².